The van der Waals surface area contributed by atoms with Crippen molar-refractivity contribution in [1.29, 1.82) is 0 Å². The van der Waals surface area contributed by atoms with Gasteiger partial charge in [-0.3, -0.25) is 14.4 Å². The SMILES string of the molecule is CC(C)[C@H](NC(=O)[C@@H](N)CS)C(=O)N1Cc2ccccc2CC1C(=O)NC(Cc1cnc[nH]1)C(=O)O. The summed E-state index contributed by atoms with van der Waals surface area (Å²) in [6.07, 6.45) is 3.12. The van der Waals surface area contributed by atoms with Crippen molar-refractivity contribution < 1.29 is 24.3 Å². The van der Waals surface area contributed by atoms with Crippen LogP contribution in [0.25, 0.3) is 0 Å². The Balaban J connectivity index is 1.88. The van der Waals surface area contributed by atoms with Crippen molar-refractivity contribution in [2.24, 2.45) is 11.7 Å². The average molecular weight is 517 g/mol. The van der Waals surface area contributed by atoms with Crippen molar-refractivity contribution in [3.8, 4) is 0 Å². The first-order chi connectivity index (χ1) is 17.1. The highest BCUT2D eigenvalue weighted by atomic mass is 32.1. The molecule has 1 aromatic heterocycles. The van der Waals surface area contributed by atoms with Gasteiger partial charge in [-0.15, -0.1) is 0 Å². The number of thiol groups is 1. The molecular weight excluding hydrogens is 484 g/mol. The number of carbonyl (C=O) groups is 4. The lowest BCUT2D eigenvalue weighted by atomic mass is 9.91. The Hall–Kier alpha value is -3.38. The summed E-state index contributed by atoms with van der Waals surface area (Å²) in [4.78, 5) is 59.6. The molecule has 0 radical (unpaired) electrons. The Morgan fingerprint density at radius 1 is 1.22 bits per heavy atom. The first-order valence-electron chi connectivity index (χ1n) is 11.7. The van der Waals surface area contributed by atoms with Gasteiger partial charge in [-0.05, 0) is 17.0 Å². The molecule has 1 aliphatic rings. The average Bonchev–Trinajstić information content (AvgIpc) is 3.37. The van der Waals surface area contributed by atoms with Crippen LogP contribution in [-0.4, -0.2) is 73.6 Å². The maximum Gasteiger partial charge on any atom is 0.326 e. The van der Waals surface area contributed by atoms with Gasteiger partial charge >= 0.3 is 5.97 Å². The van der Waals surface area contributed by atoms with Gasteiger partial charge in [0.1, 0.15) is 18.1 Å². The molecular formula is C24H32N6O5S. The second kappa shape index (κ2) is 12.0. The molecule has 2 aromatic rings. The van der Waals surface area contributed by atoms with Crippen molar-refractivity contribution in [2.75, 3.05) is 5.75 Å². The number of fused-ring (bicyclic) bond motifs is 1. The fraction of sp³-hybridized carbons (Fsp3) is 0.458. The lowest BCUT2D eigenvalue weighted by molar-refractivity contribution is -0.147. The number of carbonyl (C=O) groups excluding carboxylic acids is 3. The summed E-state index contributed by atoms with van der Waals surface area (Å²) in [6.45, 7) is 3.71. The molecule has 194 valence electrons. The van der Waals surface area contributed by atoms with Crippen molar-refractivity contribution in [3.05, 3.63) is 53.6 Å². The number of amides is 3. The lowest BCUT2D eigenvalue weighted by Gasteiger charge is -2.39. The maximum absolute atomic E-state index is 13.7. The van der Waals surface area contributed by atoms with Gasteiger partial charge in [-0.25, -0.2) is 9.78 Å². The topological polar surface area (TPSA) is 171 Å². The smallest absolute Gasteiger partial charge is 0.326 e. The van der Waals surface area contributed by atoms with Crippen LogP contribution in [0.1, 0.15) is 30.7 Å². The Morgan fingerprint density at radius 2 is 1.92 bits per heavy atom. The van der Waals surface area contributed by atoms with E-state index in [1.807, 2.05) is 24.3 Å². The highest BCUT2D eigenvalue weighted by molar-refractivity contribution is 7.80. The van der Waals surface area contributed by atoms with Crippen LogP contribution in [-0.2, 0) is 38.6 Å². The van der Waals surface area contributed by atoms with Gasteiger partial charge in [0.05, 0.1) is 12.4 Å². The van der Waals surface area contributed by atoms with Gasteiger partial charge in [-0.1, -0.05) is 38.1 Å². The molecule has 11 nitrogen and oxygen atoms in total. The normalized spacial score (nSPS) is 17.6. The van der Waals surface area contributed by atoms with Crippen LogP contribution < -0.4 is 16.4 Å². The van der Waals surface area contributed by atoms with E-state index in [2.05, 4.69) is 33.2 Å². The van der Waals surface area contributed by atoms with E-state index in [0.717, 1.165) is 11.1 Å². The standard InChI is InChI=1S/C24H32N6O5S/c1-13(2)20(29-21(31)17(25)11-36)23(33)30-10-15-6-4-3-5-14(15)7-19(30)22(32)28-18(24(34)35)8-16-9-26-12-27-16/h3-6,9,12-13,17-20,36H,7-8,10-11,25H2,1-2H3,(H,26,27)(H,28,32)(H,29,31)(H,34,35)/t17-,18?,19?,20-/m0/s1. The number of carboxylic acids is 1. The fourth-order valence-corrected chi connectivity index (χ4v) is 4.27. The molecule has 3 rings (SSSR count). The summed E-state index contributed by atoms with van der Waals surface area (Å²) in [5.74, 6) is -2.94. The quantitative estimate of drug-likeness (QED) is 0.239. The van der Waals surface area contributed by atoms with E-state index in [0.29, 0.717) is 5.69 Å². The minimum atomic E-state index is -1.22. The van der Waals surface area contributed by atoms with Gasteiger partial charge in [0.15, 0.2) is 0 Å². The van der Waals surface area contributed by atoms with Crippen LogP contribution in [0, 0.1) is 5.92 Å². The molecule has 2 heterocycles. The zero-order valence-electron chi connectivity index (χ0n) is 20.2. The van der Waals surface area contributed by atoms with Crippen LogP contribution in [0.4, 0.5) is 0 Å². The molecule has 12 heteroatoms. The third-order valence-corrected chi connectivity index (χ3v) is 6.59. The molecule has 0 saturated heterocycles. The van der Waals surface area contributed by atoms with E-state index >= 15 is 0 Å². The van der Waals surface area contributed by atoms with Crippen LogP contribution >= 0.6 is 12.6 Å². The van der Waals surface area contributed by atoms with Crippen molar-refractivity contribution in [2.45, 2.75) is 57.4 Å². The molecule has 3 amide bonds. The third kappa shape index (κ3) is 6.43. The predicted molar refractivity (Wildman–Crippen MR) is 135 cm³/mol. The molecule has 0 bridgehead atoms. The first kappa shape index (κ1) is 27.2. The van der Waals surface area contributed by atoms with Crippen LogP contribution in [0.15, 0.2) is 36.8 Å². The number of imidazole rings is 1. The third-order valence-electron chi connectivity index (χ3n) is 6.19. The number of nitrogens with zero attached hydrogens (tertiary/aromatic N) is 2. The number of aromatic amines is 1. The van der Waals surface area contributed by atoms with Crippen LogP contribution in [0.3, 0.4) is 0 Å². The van der Waals surface area contributed by atoms with Gasteiger partial charge in [0.25, 0.3) is 0 Å². The Bertz CT molecular complexity index is 1090. The number of hydrogen-bond donors (Lipinski definition) is 6. The summed E-state index contributed by atoms with van der Waals surface area (Å²) < 4.78 is 0. The maximum atomic E-state index is 13.7. The largest absolute Gasteiger partial charge is 0.480 e. The molecule has 2 unspecified atom stereocenters. The molecule has 1 aliphatic heterocycles. The molecule has 4 atom stereocenters. The minimum Gasteiger partial charge on any atom is -0.480 e. The molecule has 1 aromatic carbocycles. The Morgan fingerprint density at radius 3 is 2.50 bits per heavy atom. The van der Waals surface area contributed by atoms with Gasteiger partial charge in [0.2, 0.25) is 17.7 Å². The summed E-state index contributed by atoms with van der Waals surface area (Å²) in [6, 6.07) is 3.45. The molecule has 6 N–H and O–H groups in total. The number of rotatable bonds is 10. The molecule has 0 fully saturated rings. The van der Waals surface area contributed by atoms with Gasteiger partial charge in [-0.2, -0.15) is 12.6 Å². The Labute approximate surface area is 214 Å². The second-order valence-electron chi connectivity index (χ2n) is 9.15. The Kier molecular flexibility index (Phi) is 9.10. The van der Waals surface area contributed by atoms with Crippen molar-refractivity contribution in [3.63, 3.8) is 0 Å². The molecule has 0 saturated carbocycles. The summed E-state index contributed by atoms with van der Waals surface area (Å²) in [5.41, 5.74) is 8.10. The number of nitrogens with one attached hydrogen (secondary N) is 3. The van der Waals surface area contributed by atoms with Crippen molar-refractivity contribution >= 4 is 36.3 Å². The van der Waals surface area contributed by atoms with E-state index in [9.17, 15) is 24.3 Å². The monoisotopic (exact) mass is 516 g/mol. The number of H-pyrrole nitrogens is 1. The van der Waals surface area contributed by atoms with E-state index in [4.69, 9.17) is 5.73 Å². The van der Waals surface area contributed by atoms with Crippen LogP contribution in [0.2, 0.25) is 0 Å². The van der Waals surface area contributed by atoms with E-state index in [1.165, 1.54) is 17.4 Å². The van der Waals surface area contributed by atoms with E-state index in [-0.39, 0.29) is 31.1 Å². The van der Waals surface area contributed by atoms with E-state index in [1.54, 1.807) is 13.8 Å². The second-order valence-corrected chi connectivity index (χ2v) is 9.52. The minimum absolute atomic E-state index is 0.00458. The number of carboxylic acid groups (broad SMARTS) is 1. The number of aromatic nitrogens is 2. The number of benzene rings is 1. The highest BCUT2D eigenvalue weighted by Crippen LogP contribution is 2.25. The van der Waals surface area contributed by atoms with Gasteiger partial charge in [0, 0.05) is 37.0 Å². The summed E-state index contributed by atoms with van der Waals surface area (Å²) >= 11 is 4.05. The number of aliphatic carboxylic acids is 1. The summed E-state index contributed by atoms with van der Waals surface area (Å²) in [7, 11) is 0. The first-order valence-corrected chi connectivity index (χ1v) is 12.3. The predicted octanol–water partition coefficient (Wildman–Crippen LogP) is -0.127. The van der Waals surface area contributed by atoms with Crippen molar-refractivity contribution in [1.82, 2.24) is 25.5 Å². The highest BCUT2D eigenvalue weighted by Gasteiger charge is 2.40. The van der Waals surface area contributed by atoms with Gasteiger partial charge < -0.3 is 31.4 Å². The number of nitrogens with two attached hydrogens (primary N) is 1. The summed E-state index contributed by atoms with van der Waals surface area (Å²) in [5, 5.41) is 15.0. The van der Waals surface area contributed by atoms with Crippen LogP contribution in [0.5, 0.6) is 0 Å². The lowest BCUT2D eigenvalue weighted by Crippen LogP contribution is -2.61. The zero-order valence-corrected chi connectivity index (χ0v) is 21.1. The molecule has 36 heavy (non-hydrogen) atoms. The molecule has 0 spiro atoms. The molecule has 0 aliphatic carbocycles. The fourth-order valence-electron chi connectivity index (χ4n) is 4.11. The number of hydrogen-bond acceptors (Lipinski definition) is 7. The zero-order chi connectivity index (χ0) is 26.4. The van der Waals surface area contributed by atoms with E-state index < -0.39 is 47.9 Å².